The molecular formula is C21H18N2O2. The first-order valence-corrected chi connectivity index (χ1v) is 8.19. The van der Waals surface area contributed by atoms with Crippen molar-refractivity contribution >= 4 is 33.4 Å². The van der Waals surface area contributed by atoms with Crippen LogP contribution in [0.2, 0.25) is 0 Å². The zero-order chi connectivity index (χ0) is 17.2. The van der Waals surface area contributed by atoms with Gasteiger partial charge in [0, 0.05) is 35.0 Å². The van der Waals surface area contributed by atoms with Crippen molar-refractivity contribution in [1.82, 2.24) is 4.98 Å². The topological polar surface area (TPSA) is 54.1 Å². The molecule has 0 aliphatic rings. The molecule has 3 aromatic carbocycles. The maximum Gasteiger partial charge on any atom is 0.221 e. The fourth-order valence-electron chi connectivity index (χ4n) is 3.00. The summed E-state index contributed by atoms with van der Waals surface area (Å²) < 4.78 is 5.90. The molecule has 4 rings (SSSR count). The summed E-state index contributed by atoms with van der Waals surface area (Å²) in [5, 5.41) is 5.07. The number of benzene rings is 3. The largest absolute Gasteiger partial charge is 0.489 e. The summed E-state index contributed by atoms with van der Waals surface area (Å²) in [6, 6.07) is 22.0. The van der Waals surface area contributed by atoms with Crippen molar-refractivity contribution in [3.63, 3.8) is 0 Å². The van der Waals surface area contributed by atoms with Crippen LogP contribution < -0.4 is 10.1 Å². The smallest absolute Gasteiger partial charge is 0.221 e. The Labute approximate surface area is 145 Å². The van der Waals surface area contributed by atoms with Gasteiger partial charge in [0.05, 0.1) is 5.52 Å². The van der Waals surface area contributed by atoms with Crippen LogP contribution in [-0.4, -0.2) is 10.9 Å². The van der Waals surface area contributed by atoms with Crippen LogP contribution in [0.3, 0.4) is 0 Å². The van der Waals surface area contributed by atoms with E-state index in [9.17, 15) is 4.79 Å². The van der Waals surface area contributed by atoms with E-state index >= 15 is 0 Å². The molecule has 4 nitrogen and oxygen atoms in total. The van der Waals surface area contributed by atoms with E-state index in [2.05, 4.69) is 16.4 Å². The summed E-state index contributed by atoms with van der Waals surface area (Å²) in [6.45, 7) is 2.05. The number of anilines is 1. The summed E-state index contributed by atoms with van der Waals surface area (Å²) in [4.78, 5) is 14.6. The SMILES string of the molecule is CC(=O)Nc1ccc2c(c1)[nH]c1cc(OCc3ccccc3)ccc12. The summed E-state index contributed by atoms with van der Waals surface area (Å²) in [5.41, 5.74) is 3.92. The van der Waals surface area contributed by atoms with Crippen LogP contribution in [0, 0.1) is 0 Å². The highest BCUT2D eigenvalue weighted by Crippen LogP contribution is 2.30. The number of carbonyl (C=O) groups excluding carboxylic acids is 1. The third-order valence-corrected chi connectivity index (χ3v) is 4.14. The highest BCUT2D eigenvalue weighted by atomic mass is 16.5. The van der Waals surface area contributed by atoms with Crippen LogP contribution in [-0.2, 0) is 11.4 Å². The number of hydrogen-bond donors (Lipinski definition) is 2. The number of H-pyrrole nitrogens is 1. The van der Waals surface area contributed by atoms with Gasteiger partial charge in [-0.05, 0) is 29.8 Å². The van der Waals surface area contributed by atoms with E-state index in [-0.39, 0.29) is 5.91 Å². The Balaban J connectivity index is 1.63. The Kier molecular flexibility index (Phi) is 3.86. The van der Waals surface area contributed by atoms with E-state index in [0.717, 1.165) is 38.8 Å². The van der Waals surface area contributed by atoms with Gasteiger partial charge in [0.25, 0.3) is 0 Å². The molecule has 1 heterocycles. The van der Waals surface area contributed by atoms with Gasteiger partial charge in [0.1, 0.15) is 12.4 Å². The third kappa shape index (κ3) is 3.19. The second-order valence-electron chi connectivity index (χ2n) is 6.05. The summed E-state index contributed by atoms with van der Waals surface area (Å²) in [6.07, 6.45) is 0. The maximum absolute atomic E-state index is 11.2. The highest BCUT2D eigenvalue weighted by Gasteiger charge is 2.07. The maximum atomic E-state index is 11.2. The monoisotopic (exact) mass is 330 g/mol. The lowest BCUT2D eigenvalue weighted by molar-refractivity contribution is -0.114. The molecule has 0 saturated heterocycles. The van der Waals surface area contributed by atoms with Crippen molar-refractivity contribution < 1.29 is 9.53 Å². The third-order valence-electron chi connectivity index (χ3n) is 4.14. The van der Waals surface area contributed by atoms with Crippen LogP contribution in [0.15, 0.2) is 66.7 Å². The fourth-order valence-corrected chi connectivity index (χ4v) is 3.00. The fraction of sp³-hybridized carbons (Fsp3) is 0.0952. The Morgan fingerprint density at radius 2 is 1.68 bits per heavy atom. The lowest BCUT2D eigenvalue weighted by Crippen LogP contribution is -2.05. The first-order valence-electron chi connectivity index (χ1n) is 8.19. The highest BCUT2D eigenvalue weighted by molar-refractivity contribution is 6.08. The molecule has 0 spiro atoms. The molecule has 0 saturated carbocycles. The molecule has 4 heteroatoms. The number of nitrogens with one attached hydrogen (secondary N) is 2. The Bertz CT molecular complexity index is 1050. The van der Waals surface area contributed by atoms with Gasteiger partial charge >= 0.3 is 0 Å². The van der Waals surface area contributed by atoms with Gasteiger partial charge in [-0.1, -0.05) is 36.4 Å². The van der Waals surface area contributed by atoms with E-state index in [1.54, 1.807) is 0 Å². The molecule has 0 atom stereocenters. The summed E-state index contributed by atoms with van der Waals surface area (Å²) in [7, 11) is 0. The van der Waals surface area contributed by atoms with Crippen molar-refractivity contribution in [2.45, 2.75) is 13.5 Å². The quantitative estimate of drug-likeness (QED) is 0.561. The minimum atomic E-state index is -0.0768. The summed E-state index contributed by atoms with van der Waals surface area (Å²) >= 11 is 0. The van der Waals surface area contributed by atoms with Crippen LogP contribution in [0.25, 0.3) is 21.8 Å². The number of aromatic amines is 1. The number of ether oxygens (including phenoxy) is 1. The lowest BCUT2D eigenvalue weighted by atomic mass is 10.1. The number of fused-ring (bicyclic) bond motifs is 3. The van der Waals surface area contributed by atoms with Crippen molar-refractivity contribution in [2.75, 3.05) is 5.32 Å². The lowest BCUT2D eigenvalue weighted by Gasteiger charge is -2.06. The minimum Gasteiger partial charge on any atom is -0.489 e. The zero-order valence-corrected chi connectivity index (χ0v) is 13.9. The first kappa shape index (κ1) is 15.3. The van der Waals surface area contributed by atoms with Gasteiger partial charge in [0.15, 0.2) is 0 Å². The van der Waals surface area contributed by atoms with E-state index in [1.807, 2.05) is 60.7 Å². The van der Waals surface area contributed by atoms with Crippen LogP contribution in [0.4, 0.5) is 5.69 Å². The van der Waals surface area contributed by atoms with Crippen molar-refractivity contribution in [3.8, 4) is 5.75 Å². The molecule has 124 valence electrons. The molecule has 2 N–H and O–H groups in total. The van der Waals surface area contributed by atoms with Gasteiger partial charge < -0.3 is 15.0 Å². The molecule has 0 aliphatic heterocycles. The number of hydrogen-bond acceptors (Lipinski definition) is 2. The van der Waals surface area contributed by atoms with Gasteiger partial charge in [-0.2, -0.15) is 0 Å². The molecular weight excluding hydrogens is 312 g/mol. The van der Waals surface area contributed by atoms with Crippen LogP contribution >= 0.6 is 0 Å². The molecule has 0 radical (unpaired) electrons. The van der Waals surface area contributed by atoms with E-state index in [1.165, 1.54) is 6.92 Å². The predicted octanol–water partition coefficient (Wildman–Crippen LogP) is 4.86. The normalized spacial score (nSPS) is 10.9. The van der Waals surface area contributed by atoms with Crippen molar-refractivity contribution in [3.05, 3.63) is 72.3 Å². The second-order valence-corrected chi connectivity index (χ2v) is 6.05. The van der Waals surface area contributed by atoms with Crippen molar-refractivity contribution in [2.24, 2.45) is 0 Å². The van der Waals surface area contributed by atoms with Crippen LogP contribution in [0.1, 0.15) is 12.5 Å². The number of aromatic nitrogens is 1. The molecule has 0 unspecified atom stereocenters. The summed E-state index contributed by atoms with van der Waals surface area (Å²) in [5.74, 6) is 0.747. The molecule has 0 aliphatic carbocycles. The number of amides is 1. The molecule has 25 heavy (non-hydrogen) atoms. The van der Waals surface area contributed by atoms with Gasteiger partial charge in [-0.3, -0.25) is 4.79 Å². The number of carbonyl (C=O) groups is 1. The standard InChI is InChI=1S/C21H18N2O2/c1-14(24)22-16-7-9-18-19-10-8-17(12-21(19)23-20(18)11-16)25-13-15-5-3-2-4-6-15/h2-12,23H,13H2,1H3,(H,22,24). The zero-order valence-electron chi connectivity index (χ0n) is 13.9. The minimum absolute atomic E-state index is 0.0768. The van der Waals surface area contributed by atoms with Gasteiger partial charge in [0.2, 0.25) is 5.91 Å². The average molecular weight is 330 g/mol. The Hall–Kier alpha value is -3.27. The molecule has 1 amide bonds. The molecule has 0 bridgehead atoms. The Morgan fingerprint density at radius 1 is 0.960 bits per heavy atom. The molecule has 4 aromatic rings. The number of rotatable bonds is 4. The predicted molar refractivity (Wildman–Crippen MR) is 101 cm³/mol. The first-order chi connectivity index (χ1) is 12.2. The Morgan fingerprint density at radius 3 is 2.44 bits per heavy atom. The van der Waals surface area contributed by atoms with E-state index in [0.29, 0.717) is 6.61 Å². The van der Waals surface area contributed by atoms with E-state index < -0.39 is 0 Å². The van der Waals surface area contributed by atoms with Crippen molar-refractivity contribution in [1.29, 1.82) is 0 Å². The molecule has 0 fully saturated rings. The second kappa shape index (κ2) is 6.32. The van der Waals surface area contributed by atoms with E-state index in [4.69, 9.17) is 4.74 Å². The van der Waals surface area contributed by atoms with Crippen LogP contribution in [0.5, 0.6) is 5.75 Å². The van der Waals surface area contributed by atoms with Gasteiger partial charge in [-0.25, -0.2) is 0 Å². The van der Waals surface area contributed by atoms with Gasteiger partial charge in [-0.15, -0.1) is 0 Å². The average Bonchev–Trinajstić information content (AvgIpc) is 2.97. The molecule has 1 aromatic heterocycles.